The molecule has 1 aliphatic carbocycles. The molecule has 1 saturated carbocycles. The second-order valence-electron chi connectivity index (χ2n) is 19.0. The van der Waals surface area contributed by atoms with Crippen molar-refractivity contribution in [3.05, 3.63) is 47.5 Å². The van der Waals surface area contributed by atoms with Gasteiger partial charge in [-0.05, 0) is 101 Å². The van der Waals surface area contributed by atoms with E-state index in [1.165, 1.54) is 50.7 Å². The molecule has 0 spiro atoms. The number of benzene rings is 2. The number of rotatable bonds is 42. The fourth-order valence-electron chi connectivity index (χ4n) is 8.41. The lowest BCUT2D eigenvalue weighted by atomic mass is 9.95. The van der Waals surface area contributed by atoms with E-state index in [-0.39, 0.29) is 12.2 Å². The molecule has 0 radical (unpaired) electrons. The van der Waals surface area contributed by atoms with Gasteiger partial charge in [-0.3, -0.25) is 0 Å². The first-order valence-electron chi connectivity index (χ1n) is 28.3. The molecular weight excluding hydrogens is 881 g/mol. The highest BCUT2D eigenvalue weighted by Crippen LogP contribution is 2.43. The molecule has 0 unspecified atom stereocenters. The lowest BCUT2D eigenvalue weighted by molar-refractivity contribution is -0.151. The molecule has 1 fully saturated rings. The van der Waals surface area contributed by atoms with Gasteiger partial charge in [0, 0.05) is 23.3 Å². The Labute approximate surface area is 425 Å². The predicted octanol–water partition coefficient (Wildman–Crippen LogP) is 16.6. The number of hydrogen-bond donors (Lipinski definition) is 0. The maximum absolute atomic E-state index is 13.3. The van der Waals surface area contributed by atoms with Crippen molar-refractivity contribution >= 4 is 24.1 Å². The van der Waals surface area contributed by atoms with E-state index in [4.69, 9.17) is 37.9 Å². The quantitative estimate of drug-likeness (QED) is 0.0362. The van der Waals surface area contributed by atoms with E-state index in [0.29, 0.717) is 99.8 Å². The first-order chi connectivity index (χ1) is 34.4. The van der Waals surface area contributed by atoms with Crippen LogP contribution in [0.4, 0.5) is 0 Å². The van der Waals surface area contributed by atoms with E-state index < -0.39 is 11.9 Å². The van der Waals surface area contributed by atoms with Gasteiger partial charge in [0.15, 0.2) is 23.0 Å². The van der Waals surface area contributed by atoms with Crippen molar-refractivity contribution in [2.75, 3.05) is 39.6 Å². The van der Waals surface area contributed by atoms with Gasteiger partial charge >= 0.3 is 11.9 Å². The Kier molecular flexibility index (Phi) is 33.7. The molecular formula is C60H96O10. The minimum Gasteiger partial charge on any atom is -0.490 e. The van der Waals surface area contributed by atoms with Crippen LogP contribution in [0.15, 0.2) is 36.4 Å². The minimum atomic E-state index is -0.420. The van der Waals surface area contributed by atoms with Gasteiger partial charge in [-0.15, -0.1) is 0 Å². The van der Waals surface area contributed by atoms with Crippen molar-refractivity contribution in [2.24, 2.45) is 0 Å². The van der Waals surface area contributed by atoms with Crippen LogP contribution in [0, 0.1) is 0 Å². The van der Waals surface area contributed by atoms with Crippen LogP contribution in [0.5, 0.6) is 34.5 Å². The third kappa shape index (κ3) is 25.2. The molecule has 10 nitrogen and oxygen atoms in total. The summed E-state index contributed by atoms with van der Waals surface area (Å²) in [4.78, 5) is 26.6. The summed E-state index contributed by atoms with van der Waals surface area (Å²) in [6.07, 6.45) is 34.6. The molecule has 2 aromatic carbocycles. The lowest BCUT2D eigenvalue weighted by Crippen LogP contribution is -2.29. The van der Waals surface area contributed by atoms with Crippen LogP contribution in [0.2, 0.25) is 0 Å². The fraction of sp³-hybridized carbons (Fsp3) is 0.700. The van der Waals surface area contributed by atoms with E-state index >= 15 is 0 Å². The zero-order valence-electron chi connectivity index (χ0n) is 44.9. The van der Waals surface area contributed by atoms with E-state index in [2.05, 4.69) is 41.5 Å². The molecule has 10 heteroatoms. The van der Waals surface area contributed by atoms with Crippen LogP contribution in [0.25, 0.3) is 12.2 Å². The predicted molar refractivity (Wildman–Crippen MR) is 287 cm³/mol. The molecule has 0 heterocycles. The first kappa shape index (κ1) is 60.0. The Balaban J connectivity index is 1.68. The molecule has 0 aliphatic heterocycles. The minimum absolute atomic E-state index is 0.271. The number of hydrogen-bond acceptors (Lipinski definition) is 10. The SMILES string of the molecule is CCCCCCOc1ccc(C=CC(=O)OC2CCC(OC(=O)C=Cc3ccc(OCCCCCC)c(OCCCCCC)c3OCCCCCC)CC2)c(OCCCCCC)c1OCCCCCC. The average molecular weight is 977 g/mol. The van der Waals surface area contributed by atoms with Crippen molar-refractivity contribution in [3.63, 3.8) is 0 Å². The second-order valence-corrected chi connectivity index (χ2v) is 19.0. The summed E-state index contributed by atoms with van der Waals surface area (Å²) >= 11 is 0. The van der Waals surface area contributed by atoms with Gasteiger partial charge in [0.25, 0.3) is 0 Å². The summed E-state index contributed by atoms with van der Waals surface area (Å²) in [6, 6.07) is 7.74. The summed E-state index contributed by atoms with van der Waals surface area (Å²) in [5.74, 6) is 2.94. The Morgan fingerprint density at radius 3 is 0.929 bits per heavy atom. The zero-order chi connectivity index (χ0) is 50.3. The van der Waals surface area contributed by atoms with Crippen molar-refractivity contribution < 1.29 is 47.5 Å². The van der Waals surface area contributed by atoms with Crippen molar-refractivity contribution in [1.82, 2.24) is 0 Å². The smallest absolute Gasteiger partial charge is 0.331 e. The first-order valence-corrected chi connectivity index (χ1v) is 28.3. The zero-order valence-corrected chi connectivity index (χ0v) is 44.9. The van der Waals surface area contributed by atoms with Gasteiger partial charge in [-0.25, -0.2) is 9.59 Å². The monoisotopic (exact) mass is 977 g/mol. The largest absolute Gasteiger partial charge is 0.490 e. The van der Waals surface area contributed by atoms with Gasteiger partial charge in [0.05, 0.1) is 39.6 Å². The molecule has 0 amide bonds. The molecule has 1 aliphatic rings. The third-order valence-corrected chi connectivity index (χ3v) is 12.7. The van der Waals surface area contributed by atoms with Gasteiger partial charge < -0.3 is 37.9 Å². The molecule has 0 aromatic heterocycles. The second kappa shape index (κ2) is 39.3. The van der Waals surface area contributed by atoms with Crippen LogP contribution in [-0.4, -0.2) is 63.8 Å². The van der Waals surface area contributed by atoms with Gasteiger partial charge in [-0.1, -0.05) is 157 Å². The standard InChI is InChI=1S/C60H96O10/c1-7-13-19-25-43-63-53-39-31-49(57(65-45-27-21-15-9-3)59(53)67-47-29-23-17-11-5)33-41-55(61)69-51-35-37-52(38-36-51)70-56(62)42-34-50-32-40-54(64-44-26-20-14-8-2)60(68-48-30-24-18-12-6)58(50)66-46-28-22-16-10-4/h31-34,39-42,51-52H,7-30,35-38,43-48H2,1-6H3. The van der Waals surface area contributed by atoms with Crippen molar-refractivity contribution in [3.8, 4) is 34.5 Å². The normalized spacial score (nSPS) is 14.8. The van der Waals surface area contributed by atoms with Crippen LogP contribution in [0.3, 0.4) is 0 Å². The van der Waals surface area contributed by atoms with E-state index in [0.717, 1.165) is 127 Å². The number of esters is 2. The molecule has 0 bridgehead atoms. The molecule has 0 saturated heterocycles. The molecule has 3 rings (SSSR count). The van der Waals surface area contributed by atoms with Crippen LogP contribution < -0.4 is 28.4 Å². The van der Waals surface area contributed by atoms with Crippen LogP contribution >= 0.6 is 0 Å². The highest BCUT2D eigenvalue weighted by atomic mass is 16.6. The summed E-state index contributed by atoms with van der Waals surface area (Å²) in [6.45, 7) is 16.7. The van der Waals surface area contributed by atoms with E-state index in [1.807, 2.05) is 24.3 Å². The lowest BCUT2D eigenvalue weighted by Gasteiger charge is -2.27. The molecule has 2 aromatic rings. The highest BCUT2D eigenvalue weighted by Gasteiger charge is 2.26. The number of unbranched alkanes of at least 4 members (excludes halogenated alkanes) is 18. The summed E-state index contributed by atoms with van der Waals surface area (Å²) < 4.78 is 50.3. The molecule has 0 atom stereocenters. The Morgan fingerprint density at radius 2 is 0.643 bits per heavy atom. The summed E-state index contributed by atoms with van der Waals surface area (Å²) in [5, 5.41) is 0. The summed E-state index contributed by atoms with van der Waals surface area (Å²) in [7, 11) is 0. The third-order valence-electron chi connectivity index (χ3n) is 12.7. The Morgan fingerprint density at radius 1 is 0.371 bits per heavy atom. The topological polar surface area (TPSA) is 108 Å². The number of ether oxygens (including phenoxy) is 8. The molecule has 70 heavy (non-hydrogen) atoms. The number of carbonyl (C=O) groups is 2. The van der Waals surface area contributed by atoms with Crippen LogP contribution in [0.1, 0.15) is 232 Å². The van der Waals surface area contributed by atoms with Crippen molar-refractivity contribution in [2.45, 2.75) is 234 Å². The van der Waals surface area contributed by atoms with Gasteiger partial charge in [0.1, 0.15) is 12.2 Å². The van der Waals surface area contributed by atoms with Crippen molar-refractivity contribution in [1.29, 1.82) is 0 Å². The van der Waals surface area contributed by atoms with E-state index in [1.54, 1.807) is 12.2 Å². The van der Waals surface area contributed by atoms with Gasteiger partial charge in [0.2, 0.25) is 11.5 Å². The fourth-order valence-corrected chi connectivity index (χ4v) is 8.41. The average Bonchev–Trinajstić information content (AvgIpc) is 3.36. The molecule has 396 valence electrons. The summed E-state index contributed by atoms with van der Waals surface area (Å²) in [5.41, 5.74) is 1.49. The van der Waals surface area contributed by atoms with Crippen LogP contribution in [-0.2, 0) is 19.1 Å². The molecule has 0 N–H and O–H groups in total. The highest BCUT2D eigenvalue weighted by molar-refractivity contribution is 5.89. The Hall–Kier alpha value is -4.34. The van der Waals surface area contributed by atoms with Gasteiger partial charge in [-0.2, -0.15) is 0 Å². The Bertz CT molecular complexity index is 1600. The maximum atomic E-state index is 13.3. The van der Waals surface area contributed by atoms with E-state index in [9.17, 15) is 9.59 Å². The maximum Gasteiger partial charge on any atom is 0.331 e. The number of carbonyl (C=O) groups excluding carboxylic acids is 2.